The number of likely N-dealkylation sites (N-methyl/N-ethyl adjacent to an activating group) is 1. The van der Waals surface area contributed by atoms with Gasteiger partial charge in [-0.15, -0.1) is 0 Å². The molecule has 8 heteroatoms. The molecule has 29 heavy (non-hydrogen) atoms. The van der Waals surface area contributed by atoms with E-state index in [1.807, 2.05) is 0 Å². The summed E-state index contributed by atoms with van der Waals surface area (Å²) in [5, 5.41) is 9.31. The Morgan fingerprint density at radius 1 is 1.00 bits per heavy atom. The molecule has 1 aliphatic heterocycles. The maximum atomic E-state index is 13.4. The molecule has 1 heterocycles. The summed E-state index contributed by atoms with van der Waals surface area (Å²) in [4.78, 5) is 29.1. The zero-order valence-corrected chi connectivity index (χ0v) is 16.3. The molecule has 2 aromatic rings. The number of hydrogen-bond donors (Lipinski definition) is 1. The zero-order chi connectivity index (χ0) is 21.1. The van der Waals surface area contributed by atoms with Crippen molar-refractivity contribution in [3.05, 3.63) is 59.5 Å². The van der Waals surface area contributed by atoms with E-state index >= 15 is 0 Å². The molecule has 0 spiro atoms. The van der Waals surface area contributed by atoms with Crippen LogP contribution in [-0.2, 0) is 9.59 Å². The van der Waals surface area contributed by atoms with Crippen LogP contribution in [0.2, 0.25) is 0 Å². The number of aliphatic hydroxyl groups excluding tert-OH is 1. The molecule has 0 saturated heterocycles. The third-order valence-corrected chi connectivity index (χ3v) is 4.60. The van der Waals surface area contributed by atoms with Gasteiger partial charge in [0.2, 0.25) is 0 Å². The Morgan fingerprint density at radius 2 is 1.59 bits per heavy atom. The summed E-state index contributed by atoms with van der Waals surface area (Å²) in [6, 6.07) is 10.1. The molecule has 3 rings (SSSR count). The van der Waals surface area contributed by atoms with Gasteiger partial charge in [-0.2, -0.15) is 0 Å². The quantitative estimate of drug-likeness (QED) is 0.717. The van der Waals surface area contributed by atoms with E-state index in [0.29, 0.717) is 17.1 Å². The molecule has 0 saturated carbocycles. The van der Waals surface area contributed by atoms with E-state index in [-0.39, 0.29) is 30.1 Å². The van der Waals surface area contributed by atoms with Crippen LogP contribution in [0.15, 0.2) is 48.2 Å². The second-order valence-corrected chi connectivity index (χ2v) is 6.39. The van der Waals surface area contributed by atoms with E-state index in [2.05, 4.69) is 0 Å². The first-order valence-corrected chi connectivity index (χ1v) is 8.85. The average molecular weight is 400 g/mol. The number of aliphatic hydroxyl groups is 1. The van der Waals surface area contributed by atoms with E-state index in [1.54, 1.807) is 25.2 Å². The van der Waals surface area contributed by atoms with Crippen molar-refractivity contribution < 1.29 is 28.6 Å². The van der Waals surface area contributed by atoms with Gasteiger partial charge in [-0.05, 0) is 17.7 Å². The topological polar surface area (TPSA) is 79.3 Å². The highest BCUT2D eigenvalue weighted by Crippen LogP contribution is 2.37. The minimum Gasteiger partial charge on any atom is -0.497 e. The molecule has 2 aromatic carbocycles. The van der Waals surface area contributed by atoms with Crippen LogP contribution in [0.1, 0.15) is 5.56 Å². The number of carbonyl (C=O) groups is 2. The van der Waals surface area contributed by atoms with Crippen LogP contribution >= 0.6 is 0 Å². The Labute approximate surface area is 167 Å². The molecule has 0 aliphatic carbocycles. The van der Waals surface area contributed by atoms with Gasteiger partial charge in [-0.3, -0.25) is 9.59 Å². The Hall–Kier alpha value is -3.39. The third-order valence-electron chi connectivity index (χ3n) is 4.60. The standard InChI is InChI=1S/C21H21FN2O5/c1-23(8-9-25)19-18(13-4-6-14(22)7-5-13)20(26)24(21(19)27)15-10-16(28-2)12-17(11-15)29-3/h4-7,10-12,25H,8-9H2,1-3H3. The molecule has 2 amide bonds. The molecule has 7 nitrogen and oxygen atoms in total. The fourth-order valence-electron chi connectivity index (χ4n) is 3.17. The van der Waals surface area contributed by atoms with Crippen molar-refractivity contribution in [1.29, 1.82) is 0 Å². The van der Waals surface area contributed by atoms with E-state index < -0.39 is 17.6 Å². The first-order valence-electron chi connectivity index (χ1n) is 8.85. The van der Waals surface area contributed by atoms with Gasteiger partial charge in [0.1, 0.15) is 23.0 Å². The van der Waals surface area contributed by atoms with Crippen LogP contribution in [-0.4, -0.2) is 56.2 Å². The van der Waals surface area contributed by atoms with Crippen LogP contribution in [0.5, 0.6) is 11.5 Å². The molecule has 0 atom stereocenters. The minimum absolute atomic E-state index is 0.123. The van der Waals surface area contributed by atoms with Gasteiger partial charge in [0.15, 0.2) is 0 Å². The number of anilines is 1. The van der Waals surface area contributed by atoms with Crippen molar-refractivity contribution in [2.24, 2.45) is 0 Å². The summed E-state index contributed by atoms with van der Waals surface area (Å²) < 4.78 is 23.9. The maximum Gasteiger partial charge on any atom is 0.282 e. The summed E-state index contributed by atoms with van der Waals surface area (Å²) in [7, 11) is 4.54. The average Bonchev–Trinajstić information content (AvgIpc) is 2.98. The van der Waals surface area contributed by atoms with Gasteiger partial charge >= 0.3 is 0 Å². The number of methoxy groups -OCH3 is 2. The Bertz CT molecular complexity index is 949. The molecule has 0 fully saturated rings. The predicted octanol–water partition coefficient (Wildman–Crippen LogP) is 2.05. The molecule has 152 valence electrons. The largest absolute Gasteiger partial charge is 0.497 e. The SMILES string of the molecule is COc1cc(OC)cc(N2C(=O)C(c3ccc(F)cc3)=C(N(C)CCO)C2=O)c1. The lowest BCUT2D eigenvalue weighted by molar-refractivity contribution is -0.120. The minimum atomic E-state index is -0.559. The number of carbonyl (C=O) groups excluding carboxylic acids is 2. The summed E-state index contributed by atoms with van der Waals surface area (Å²) in [5.74, 6) is -0.732. The molecule has 1 N–H and O–H groups in total. The van der Waals surface area contributed by atoms with Crippen molar-refractivity contribution in [1.82, 2.24) is 4.90 Å². The van der Waals surface area contributed by atoms with E-state index in [9.17, 15) is 19.1 Å². The Kier molecular flexibility index (Phi) is 5.84. The van der Waals surface area contributed by atoms with Crippen molar-refractivity contribution in [2.45, 2.75) is 0 Å². The summed E-state index contributed by atoms with van der Waals surface area (Å²) in [6.07, 6.45) is 0. The fourth-order valence-corrected chi connectivity index (χ4v) is 3.17. The first kappa shape index (κ1) is 20.3. The second kappa shape index (κ2) is 8.32. The lowest BCUT2D eigenvalue weighted by atomic mass is 10.0. The van der Waals surface area contributed by atoms with Crippen molar-refractivity contribution in [3.63, 3.8) is 0 Å². The van der Waals surface area contributed by atoms with Gasteiger partial charge < -0.3 is 19.5 Å². The number of halogens is 1. The van der Waals surface area contributed by atoms with E-state index in [0.717, 1.165) is 4.90 Å². The van der Waals surface area contributed by atoms with E-state index in [4.69, 9.17) is 9.47 Å². The normalized spacial score (nSPS) is 13.9. The smallest absolute Gasteiger partial charge is 0.282 e. The molecule has 0 radical (unpaired) electrons. The summed E-state index contributed by atoms with van der Waals surface area (Å²) >= 11 is 0. The first-order chi connectivity index (χ1) is 13.9. The van der Waals surface area contributed by atoms with Gasteiger partial charge in [0.05, 0.1) is 32.1 Å². The fraction of sp³-hybridized carbons (Fsp3) is 0.238. The molecule has 0 bridgehead atoms. The summed E-state index contributed by atoms with van der Waals surface area (Å²) in [6.45, 7) is -0.0561. The van der Waals surface area contributed by atoms with Crippen LogP contribution in [0, 0.1) is 5.82 Å². The number of rotatable bonds is 7. The third kappa shape index (κ3) is 3.79. The lowest BCUT2D eigenvalue weighted by Gasteiger charge is -2.21. The van der Waals surface area contributed by atoms with Crippen LogP contribution in [0.25, 0.3) is 5.57 Å². The predicted molar refractivity (Wildman–Crippen MR) is 105 cm³/mol. The van der Waals surface area contributed by atoms with Crippen molar-refractivity contribution >= 4 is 23.1 Å². The number of benzene rings is 2. The second-order valence-electron chi connectivity index (χ2n) is 6.39. The number of imide groups is 1. The monoisotopic (exact) mass is 400 g/mol. The maximum absolute atomic E-state index is 13.4. The van der Waals surface area contributed by atoms with Gasteiger partial charge in [-0.1, -0.05) is 12.1 Å². The van der Waals surface area contributed by atoms with Crippen molar-refractivity contribution in [3.8, 4) is 11.5 Å². The van der Waals surface area contributed by atoms with Gasteiger partial charge in [0, 0.05) is 31.8 Å². The lowest BCUT2D eigenvalue weighted by Crippen LogP contribution is -2.34. The molecule has 1 aliphatic rings. The van der Waals surface area contributed by atoms with E-state index in [1.165, 1.54) is 43.4 Å². The molecule has 0 unspecified atom stereocenters. The van der Waals surface area contributed by atoms with Crippen LogP contribution in [0.3, 0.4) is 0 Å². The van der Waals surface area contributed by atoms with Gasteiger partial charge in [-0.25, -0.2) is 9.29 Å². The Balaban J connectivity index is 2.14. The highest BCUT2D eigenvalue weighted by Gasteiger charge is 2.42. The molecular formula is C21H21FN2O5. The highest BCUT2D eigenvalue weighted by atomic mass is 19.1. The number of hydrogen-bond acceptors (Lipinski definition) is 6. The number of nitrogens with zero attached hydrogens (tertiary/aromatic N) is 2. The van der Waals surface area contributed by atoms with Crippen LogP contribution in [0.4, 0.5) is 10.1 Å². The van der Waals surface area contributed by atoms with Crippen LogP contribution < -0.4 is 14.4 Å². The summed E-state index contributed by atoms with van der Waals surface area (Å²) in [5.41, 5.74) is 0.940. The Morgan fingerprint density at radius 3 is 2.10 bits per heavy atom. The molecule has 0 aromatic heterocycles. The van der Waals surface area contributed by atoms with Crippen molar-refractivity contribution in [2.75, 3.05) is 39.3 Å². The number of amides is 2. The molecular weight excluding hydrogens is 379 g/mol. The highest BCUT2D eigenvalue weighted by molar-refractivity contribution is 6.45. The van der Waals surface area contributed by atoms with Gasteiger partial charge in [0.25, 0.3) is 11.8 Å². The number of ether oxygens (including phenoxy) is 2. The zero-order valence-electron chi connectivity index (χ0n) is 16.3.